The van der Waals surface area contributed by atoms with Crippen LogP contribution >= 0.6 is 22.9 Å². The van der Waals surface area contributed by atoms with Crippen LogP contribution in [0.5, 0.6) is 0 Å². The van der Waals surface area contributed by atoms with E-state index in [2.05, 4.69) is 4.72 Å². The number of nitrogens with one attached hydrogen (secondary N) is 1. The fourth-order valence-electron chi connectivity index (χ4n) is 3.25. The van der Waals surface area contributed by atoms with Crippen molar-refractivity contribution in [2.24, 2.45) is 0 Å². The number of rotatable bonds is 5. The molecule has 2 N–H and O–H groups in total. The molecule has 11 heteroatoms. The fraction of sp³-hybridized carbons (Fsp3) is 0.158. The van der Waals surface area contributed by atoms with Crippen molar-refractivity contribution < 1.29 is 27.5 Å². The average Bonchev–Trinajstić information content (AvgIpc) is 3.26. The Labute approximate surface area is 179 Å². The number of carboxylic acids is 1. The second-order valence-electron chi connectivity index (χ2n) is 6.67. The van der Waals surface area contributed by atoms with Gasteiger partial charge < -0.3 is 10.0 Å². The quantitative estimate of drug-likeness (QED) is 0.596. The highest BCUT2D eigenvalue weighted by Gasteiger charge is 2.37. The van der Waals surface area contributed by atoms with Crippen molar-refractivity contribution in [2.75, 3.05) is 11.4 Å². The van der Waals surface area contributed by atoms with Crippen molar-refractivity contribution in [3.63, 3.8) is 0 Å². The van der Waals surface area contributed by atoms with Crippen LogP contribution in [0, 0.1) is 5.82 Å². The van der Waals surface area contributed by atoms with Gasteiger partial charge in [-0.25, -0.2) is 17.6 Å². The normalized spacial score (nSPS) is 17.1. The second-order valence-corrected chi connectivity index (χ2v) is 10.1. The first-order valence-corrected chi connectivity index (χ1v) is 11.4. The maximum absolute atomic E-state index is 14.3. The van der Waals surface area contributed by atoms with Crippen LogP contribution in [0.1, 0.15) is 16.8 Å². The minimum atomic E-state index is -3.98. The van der Waals surface area contributed by atoms with E-state index in [1.807, 2.05) is 0 Å². The molecular formula is C19H14ClFN2O5S2. The van der Waals surface area contributed by atoms with Crippen LogP contribution in [0.25, 0.3) is 10.1 Å². The summed E-state index contributed by atoms with van der Waals surface area (Å²) in [4.78, 5) is 24.8. The lowest BCUT2D eigenvalue weighted by Crippen LogP contribution is -2.41. The predicted molar refractivity (Wildman–Crippen MR) is 111 cm³/mol. The van der Waals surface area contributed by atoms with Gasteiger partial charge in [0.2, 0.25) is 5.91 Å². The topological polar surface area (TPSA) is 104 Å². The Morgan fingerprint density at radius 2 is 2.00 bits per heavy atom. The van der Waals surface area contributed by atoms with Gasteiger partial charge in [-0.3, -0.25) is 4.79 Å². The van der Waals surface area contributed by atoms with Crippen LogP contribution in [0.2, 0.25) is 5.02 Å². The number of aromatic carboxylic acids is 1. The van der Waals surface area contributed by atoms with E-state index in [0.29, 0.717) is 15.1 Å². The standard InChI is InChI=1S/C19H14ClFN2O5S2/c20-12-3-1-10-8-17(29-16(10)9-12)30(27,28)22-14-5-6-23(18(14)24)15-4-2-11(19(25)26)7-13(15)21/h1-4,7-9,14,22H,5-6H2,(H,25,26)/t14-/m1/s1. The number of carbonyl (C=O) groups is 2. The minimum absolute atomic E-state index is 0.0445. The summed E-state index contributed by atoms with van der Waals surface area (Å²) in [6.07, 6.45) is 0.148. The highest BCUT2D eigenvalue weighted by atomic mass is 35.5. The number of benzene rings is 2. The first-order valence-electron chi connectivity index (χ1n) is 8.71. The summed E-state index contributed by atoms with van der Waals surface area (Å²) in [7, 11) is -3.98. The molecule has 156 valence electrons. The fourth-order valence-corrected chi connectivity index (χ4v) is 6.16. The van der Waals surface area contributed by atoms with Crippen molar-refractivity contribution in [1.29, 1.82) is 0 Å². The van der Waals surface area contributed by atoms with Crippen LogP contribution in [-0.4, -0.2) is 38.0 Å². The van der Waals surface area contributed by atoms with E-state index in [1.54, 1.807) is 18.2 Å². The van der Waals surface area contributed by atoms with E-state index in [-0.39, 0.29) is 28.4 Å². The second kappa shape index (κ2) is 7.62. The maximum atomic E-state index is 14.3. The Morgan fingerprint density at radius 3 is 2.70 bits per heavy atom. The van der Waals surface area contributed by atoms with E-state index in [0.717, 1.165) is 22.3 Å². The molecule has 0 spiro atoms. The number of sulfonamides is 1. The third kappa shape index (κ3) is 3.79. The number of hydrogen-bond donors (Lipinski definition) is 2. The summed E-state index contributed by atoms with van der Waals surface area (Å²) in [5.41, 5.74) is -0.340. The van der Waals surface area contributed by atoms with E-state index in [4.69, 9.17) is 16.7 Å². The summed E-state index contributed by atoms with van der Waals surface area (Å²) in [6, 6.07) is 8.68. The summed E-state index contributed by atoms with van der Waals surface area (Å²) >= 11 is 6.97. The molecule has 0 aliphatic carbocycles. The van der Waals surface area contributed by atoms with Gasteiger partial charge in [-0.15, -0.1) is 11.3 Å². The van der Waals surface area contributed by atoms with Gasteiger partial charge in [-0.05, 0) is 48.2 Å². The van der Waals surface area contributed by atoms with Gasteiger partial charge in [-0.1, -0.05) is 17.7 Å². The van der Waals surface area contributed by atoms with Gasteiger partial charge in [0.1, 0.15) is 16.1 Å². The molecule has 1 amide bonds. The third-order valence-corrected chi connectivity index (χ3v) is 7.99. The molecule has 7 nitrogen and oxygen atoms in total. The number of halogens is 2. The van der Waals surface area contributed by atoms with Crippen molar-refractivity contribution in [3.8, 4) is 0 Å². The summed E-state index contributed by atoms with van der Waals surface area (Å²) in [5, 5.41) is 10.1. The first-order chi connectivity index (χ1) is 14.2. The maximum Gasteiger partial charge on any atom is 0.335 e. The van der Waals surface area contributed by atoms with E-state index in [9.17, 15) is 22.4 Å². The zero-order valence-corrected chi connectivity index (χ0v) is 17.5. The van der Waals surface area contributed by atoms with Crippen molar-refractivity contribution in [3.05, 3.63) is 58.9 Å². The first kappa shape index (κ1) is 20.7. The van der Waals surface area contributed by atoms with Crippen LogP contribution in [-0.2, 0) is 14.8 Å². The molecule has 0 radical (unpaired) electrons. The molecule has 3 aromatic rings. The zero-order chi connectivity index (χ0) is 21.6. The number of amides is 1. The molecular weight excluding hydrogens is 455 g/mol. The molecule has 4 rings (SSSR count). The SMILES string of the molecule is O=C(O)c1ccc(N2CC[C@@H](NS(=O)(=O)c3cc4ccc(Cl)cc4s3)C2=O)c(F)c1. The van der Waals surface area contributed by atoms with Crippen molar-refractivity contribution >= 4 is 60.6 Å². The molecule has 1 fully saturated rings. The number of anilines is 1. The Hall–Kier alpha value is -2.53. The Morgan fingerprint density at radius 1 is 1.23 bits per heavy atom. The summed E-state index contributed by atoms with van der Waals surface area (Å²) < 4.78 is 43.0. The average molecular weight is 469 g/mol. The number of carbonyl (C=O) groups excluding carboxylic acids is 1. The van der Waals surface area contributed by atoms with E-state index >= 15 is 0 Å². The van der Waals surface area contributed by atoms with Crippen LogP contribution < -0.4 is 9.62 Å². The molecule has 0 saturated carbocycles. The van der Waals surface area contributed by atoms with Gasteiger partial charge >= 0.3 is 5.97 Å². The monoisotopic (exact) mass is 468 g/mol. The van der Waals surface area contributed by atoms with Crippen LogP contribution in [0.15, 0.2) is 46.7 Å². The molecule has 1 aliphatic rings. The molecule has 30 heavy (non-hydrogen) atoms. The molecule has 1 atom stereocenters. The van der Waals surface area contributed by atoms with Gasteiger partial charge in [0.05, 0.1) is 11.3 Å². The lowest BCUT2D eigenvalue weighted by atomic mass is 10.2. The lowest BCUT2D eigenvalue weighted by Gasteiger charge is -2.18. The Bertz CT molecular complexity index is 1290. The Balaban J connectivity index is 1.55. The number of carboxylic acid groups (broad SMARTS) is 1. The molecule has 0 unspecified atom stereocenters. The molecule has 1 saturated heterocycles. The van der Waals surface area contributed by atoms with E-state index in [1.165, 1.54) is 18.2 Å². The minimum Gasteiger partial charge on any atom is -0.478 e. The lowest BCUT2D eigenvalue weighted by molar-refractivity contribution is -0.118. The number of nitrogens with zero attached hydrogens (tertiary/aromatic N) is 1. The molecule has 1 aromatic heterocycles. The summed E-state index contributed by atoms with van der Waals surface area (Å²) in [5.74, 6) is -2.76. The number of fused-ring (bicyclic) bond motifs is 1. The van der Waals surface area contributed by atoms with Crippen LogP contribution in [0.4, 0.5) is 10.1 Å². The molecule has 0 bridgehead atoms. The summed E-state index contributed by atoms with van der Waals surface area (Å²) in [6.45, 7) is 0.0946. The largest absolute Gasteiger partial charge is 0.478 e. The zero-order valence-electron chi connectivity index (χ0n) is 15.1. The van der Waals surface area contributed by atoms with Crippen LogP contribution in [0.3, 0.4) is 0 Å². The number of thiophene rings is 1. The van der Waals surface area contributed by atoms with Gasteiger partial charge in [0.25, 0.3) is 10.0 Å². The van der Waals surface area contributed by atoms with Crippen molar-refractivity contribution in [1.82, 2.24) is 4.72 Å². The molecule has 2 aromatic carbocycles. The van der Waals surface area contributed by atoms with Gasteiger partial charge in [0.15, 0.2) is 0 Å². The highest BCUT2D eigenvalue weighted by Crippen LogP contribution is 2.32. The number of hydrogen-bond acceptors (Lipinski definition) is 5. The highest BCUT2D eigenvalue weighted by molar-refractivity contribution is 7.91. The van der Waals surface area contributed by atoms with E-state index < -0.39 is 33.8 Å². The van der Waals surface area contributed by atoms with Gasteiger partial charge in [-0.2, -0.15) is 4.72 Å². The molecule has 1 aliphatic heterocycles. The van der Waals surface area contributed by atoms with Gasteiger partial charge in [0, 0.05) is 16.3 Å². The Kier molecular flexibility index (Phi) is 5.27. The smallest absolute Gasteiger partial charge is 0.335 e. The predicted octanol–water partition coefficient (Wildman–Crippen LogP) is 3.48. The van der Waals surface area contributed by atoms with Crippen molar-refractivity contribution in [2.45, 2.75) is 16.7 Å². The molecule has 2 heterocycles. The third-order valence-electron chi connectivity index (χ3n) is 4.71.